The second-order valence-corrected chi connectivity index (χ2v) is 3.80. The van der Waals surface area contributed by atoms with Crippen molar-refractivity contribution < 1.29 is 4.79 Å². The molecule has 0 atom stereocenters. The molecule has 2 rings (SSSR count). The van der Waals surface area contributed by atoms with Crippen LogP contribution < -0.4 is 0 Å². The first-order valence-electron chi connectivity index (χ1n) is 5.03. The number of benzene rings is 1. The van der Waals surface area contributed by atoms with Crippen molar-refractivity contribution in [3.63, 3.8) is 0 Å². The van der Waals surface area contributed by atoms with E-state index in [1.165, 1.54) is 0 Å². The van der Waals surface area contributed by atoms with E-state index in [-0.39, 0.29) is 0 Å². The molecule has 82 valence electrons. The molecule has 0 amide bonds. The van der Waals surface area contributed by atoms with Crippen molar-refractivity contribution in [2.75, 3.05) is 0 Å². The molecule has 0 radical (unpaired) electrons. The fourth-order valence-corrected chi connectivity index (χ4v) is 1.91. The zero-order valence-corrected chi connectivity index (χ0v) is 9.61. The van der Waals surface area contributed by atoms with Gasteiger partial charge in [-0.3, -0.25) is 9.48 Å². The Labute approximate surface area is 98.7 Å². The Bertz CT molecular complexity index is 519. The second-order valence-electron chi connectivity index (χ2n) is 3.39. The maximum absolute atomic E-state index is 10.6. The molecule has 0 fully saturated rings. The van der Waals surface area contributed by atoms with Crippen molar-refractivity contribution >= 4 is 17.9 Å². The van der Waals surface area contributed by atoms with Crippen molar-refractivity contribution in [1.82, 2.24) is 9.78 Å². The molecule has 0 N–H and O–H groups in total. The highest BCUT2D eigenvalue weighted by atomic mass is 35.5. The lowest BCUT2D eigenvalue weighted by molar-refractivity contribution is 0.112. The van der Waals surface area contributed by atoms with Gasteiger partial charge in [-0.15, -0.1) is 0 Å². The average molecular weight is 235 g/mol. The fourth-order valence-electron chi connectivity index (χ4n) is 1.63. The molecule has 0 aliphatic carbocycles. The Balaban J connectivity index is 2.52. The third-order valence-corrected chi connectivity index (χ3v) is 2.73. The summed E-state index contributed by atoms with van der Waals surface area (Å²) in [7, 11) is 0. The second kappa shape index (κ2) is 4.49. The minimum atomic E-state index is 0.569. The van der Waals surface area contributed by atoms with E-state index >= 15 is 0 Å². The van der Waals surface area contributed by atoms with Crippen LogP contribution in [0, 0.1) is 0 Å². The van der Waals surface area contributed by atoms with Crippen molar-refractivity contribution in [3.8, 4) is 11.3 Å². The number of rotatable bonds is 3. The molecular formula is C12H11ClN2O. The summed E-state index contributed by atoms with van der Waals surface area (Å²) in [4.78, 5) is 10.6. The van der Waals surface area contributed by atoms with Crippen LogP contribution in [0.15, 0.2) is 30.5 Å². The molecule has 16 heavy (non-hydrogen) atoms. The summed E-state index contributed by atoms with van der Waals surface area (Å²) in [5.41, 5.74) is 2.44. The predicted molar refractivity (Wildman–Crippen MR) is 63.7 cm³/mol. The molecule has 1 heterocycles. The highest BCUT2D eigenvalue weighted by Gasteiger charge is 2.08. The topological polar surface area (TPSA) is 34.9 Å². The van der Waals surface area contributed by atoms with E-state index < -0.39 is 0 Å². The number of aromatic nitrogens is 2. The van der Waals surface area contributed by atoms with Crippen LogP contribution in [0.3, 0.4) is 0 Å². The number of halogens is 1. The van der Waals surface area contributed by atoms with Crippen molar-refractivity contribution in [2.45, 2.75) is 13.5 Å². The van der Waals surface area contributed by atoms with Crippen LogP contribution in [-0.2, 0) is 6.54 Å². The summed E-state index contributed by atoms with van der Waals surface area (Å²) in [6.45, 7) is 2.80. The van der Waals surface area contributed by atoms with Crippen molar-refractivity contribution in [3.05, 3.63) is 41.0 Å². The van der Waals surface area contributed by atoms with Gasteiger partial charge in [0.25, 0.3) is 0 Å². The monoisotopic (exact) mass is 234 g/mol. The molecule has 0 bridgehead atoms. The summed E-state index contributed by atoms with van der Waals surface area (Å²) in [5, 5.41) is 4.75. The lowest BCUT2D eigenvalue weighted by Crippen LogP contribution is -1.99. The van der Waals surface area contributed by atoms with Gasteiger partial charge < -0.3 is 0 Å². The summed E-state index contributed by atoms with van der Waals surface area (Å²) in [6.07, 6.45) is 2.52. The van der Waals surface area contributed by atoms with Crippen LogP contribution in [0.25, 0.3) is 11.3 Å². The normalized spacial score (nSPS) is 10.4. The smallest absolute Gasteiger partial charge is 0.150 e. The first-order chi connectivity index (χ1) is 7.76. The lowest BCUT2D eigenvalue weighted by Gasteiger charge is -2.07. The summed E-state index contributed by atoms with van der Waals surface area (Å²) < 4.78 is 1.86. The van der Waals surface area contributed by atoms with Crippen molar-refractivity contribution in [1.29, 1.82) is 0 Å². The average Bonchev–Trinajstić information content (AvgIpc) is 2.76. The summed E-state index contributed by atoms with van der Waals surface area (Å²) >= 11 is 6.13. The third-order valence-electron chi connectivity index (χ3n) is 2.42. The zero-order valence-electron chi connectivity index (χ0n) is 8.85. The quantitative estimate of drug-likeness (QED) is 0.766. The number of aldehydes is 1. The number of aryl methyl sites for hydroxylation is 1. The van der Waals surface area contributed by atoms with Gasteiger partial charge in [-0.1, -0.05) is 23.7 Å². The minimum absolute atomic E-state index is 0.569. The van der Waals surface area contributed by atoms with E-state index in [4.69, 9.17) is 11.6 Å². The first-order valence-corrected chi connectivity index (χ1v) is 5.41. The van der Waals surface area contributed by atoms with Gasteiger partial charge in [0.15, 0.2) is 0 Å². The van der Waals surface area contributed by atoms with E-state index in [9.17, 15) is 4.79 Å². The molecule has 0 unspecified atom stereocenters. The van der Waals surface area contributed by atoms with E-state index in [0.29, 0.717) is 10.6 Å². The predicted octanol–water partition coefficient (Wildman–Crippen LogP) is 3.04. The molecule has 2 aromatic rings. The molecule has 0 aliphatic heterocycles. The van der Waals surface area contributed by atoms with Gasteiger partial charge >= 0.3 is 0 Å². The minimum Gasteiger partial charge on any atom is -0.298 e. The molecule has 4 heteroatoms. The third kappa shape index (κ3) is 1.86. The summed E-state index contributed by atoms with van der Waals surface area (Å²) in [6, 6.07) is 7.17. The Morgan fingerprint density at radius 2 is 2.25 bits per heavy atom. The number of carbonyl (C=O) groups excluding carboxylic acids is 1. The maximum atomic E-state index is 10.6. The Morgan fingerprint density at radius 1 is 1.44 bits per heavy atom. The number of nitrogens with zero attached hydrogens (tertiary/aromatic N) is 2. The molecular weight excluding hydrogens is 224 g/mol. The summed E-state index contributed by atoms with van der Waals surface area (Å²) in [5.74, 6) is 0. The zero-order chi connectivity index (χ0) is 11.5. The van der Waals surface area contributed by atoms with Gasteiger partial charge in [0.05, 0.1) is 10.7 Å². The van der Waals surface area contributed by atoms with Crippen LogP contribution in [0.1, 0.15) is 17.3 Å². The maximum Gasteiger partial charge on any atom is 0.150 e. The van der Waals surface area contributed by atoms with Crippen LogP contribution in [0.4, 0.5) is 0 Å². The van der Waals surface area contributed by atoms with Crippen molar-refractivity contribution in [2.24, 2.45) is 0 Å². The Kier molecular flexibility index (Phi) is 3.06. The number of hydrogen-bond acceptors (Lipinski definition) is 2. The first kappa shape index (κ1) is 10.9. The molecule has 3 nitrogen and oxygen atoms in total. The lowest BCUT2D eigenvalue weighted by atomic mass is 10.1. The van der Waals surface area contributed by atoms with E-state index in [0.717, 1.165) is 24.1 Å². The van der Waals surface area contributed by atoms with Gasteiger partial charge in [-0.25, -0.2) is 0 Å². The molecule has 0 aliphatic rings. The van der Waals surface area contributed by atoms with Crippen LogP contribution >= 0.6 is 11.6 Å². The Morgan fingerprint density at radius 3 is 2.88 bits per heavy atom. The van der Waals surface area contributed by atoms with Gasteiger partial charge in [0.1, 0.15) is 6.29 Å². The van der Waals surface area contributed by atoms with Gasteiger partial charge in [0, 0.05) is 23.9 Å². The van der Waals surface area contributed by atoms with Gasteiger partial charge in [-0.2, -0.15) is 5.10 Å². The van der Waals surface area contributed by atoms with Gasteiger partial charge in [0.2, 0.25) is 0 Å². The molecule has 0 saturated carbocycles. The fraction of sp³-hybridized carbons (Fsp3) is 0.167. The van der Waals surface area contributed by atoms with Crippen LogP contribution in [0.2, 0.25) is 5.02 Å². The molecule has 1 aromatic carbocycles. The van der Waals surface area contributed by atoms with E-state index in [1.54, 1.807) is 18.3 Å². The highest BCUT2D eigenvalue weighted by Crippen LogP contribution is 2.28. The Hall–Kier alpha value is -1.61. The SMILES string of the molecule is CCn1nccc1-c1ccc(C=O)cc1Cl. The van der Waals surface area contributed by atoms with Crippen LogP contribution in [-0.4, -0.2) is 16.1 Å². The largest absolute Gasteiger partial charge is 0.298 e. The number of carbonyl (C=O) groups is 1. The van der Waals surface area contributed by atoms with E-state index in [1.807, 2.05) is 23.7 Å². The highest BCUT2D eigenvalue weighted by molar-refractivity contribution is 6.33. The molecule has 1 aromatic heterocycles. The standard InChI is InChI=1S/C12H11ClN2O/c1-2-15-12(5-6-14-15)10-4-3-9(8-16)7-11(10)13/h3-8H,2H2,1H3. The number of hydrogen-bond donors (Lipinski definition) is 0. The molecule has 0 spiro atoms. The van der Waals surface area contributed by atoms with E-state index in [2.05, 4.69) is 5.10 Å². The van der Waals surface area contributed by atoms with Crippen LogP contribution in [0.5, 0.6) is 0 Å². The van der Waals surface area contributed by atoms with Gasteiger partial charge in [-0.05, 0) is 19.1 Å². The molecule has 0 saturated heterocycles.